The molecule has 1 aromatic heterocycles. The van der Waals surface area contributed by atoms with E-state index >= 15 is 0 Å². The smallest absolute Gasteiger partial charge is 0.253 e. The molecule has 0 bridgehead atoms. The monoisotopic (exact) mass is 385 g/mol. The Kier molecular flexibility index (Phi) is 5.38. The average molecular weight is 385 g/mol. The minimum absolute atomic E-state index is 0.104. The molecule has 2 aromatic rings. The third kappa shape index (κ3) is 3.64. The van der Waals surface area contributed by atoms with Crippen molar-refractivity contribution in [3.63, 3.8) is 0 Å². The molecule has 1 aliphatic carbocycles. The molecule has 1 amide bonds. The summed E-state index contributed by atoms with van der Waals surface area (Å²) >= 11 is 0. The Morgan fingerprint density at radius 1 is 1.29 bits per heavy atom. The highest BCUT2D eigenvalue weighted by molar-refractivity contribution is 5.94. The number of carbonyl (C=O) groups is 1. The molecule has 28 heavy (non-hydrogen) atoms. The van der Waals surface area contributed by atoms with Gasteiger partial charge in [0.05, 0.1) is 7.11 Å². The maximum atomic E-state index is 14.0. The van der Waals surface area contributed by atoms with Gasteiger partial charge in [-0.3, -0.25) is 4.79 Å². The first-order valence-corrected chi connectivity index (χ1v) is 10.2. The highest BCUT2D eigenvalue weighted by atomic mass is 19.1. The minimum Gasteiger partial charge on any atom is -0.494 e. The molecule has 6 heteroatoms. The molecule has 1 unspecified atom stereocenters. The number of rotatable bonds is 5. The lowest BCUT2D eigenvalue weighted by molar-refractivity contribution is 0.0660. The number of hydrogen-bond acceptors (Lipinski definition) is 3. The van der Waals surface area contributed by atoms with Crippen molar-refractivity contribution in [1.29, 1.82) is 0 Å². The third-order valence-corrected chi connectivity index (χ3v) is 6.20. The predicted octanol–water partition coefficient (Wildman–Crippen LogP) is 4.16. The van der Waals surface area contributed by atoms with Crippen LogP contribution < -0.4 is 4.74 Å². The first-order valence-electron chi connectivity index (χ1n) is 10.2. The summed E-state index contributed by atoms with van der Waals surface area (Å²) < 4.78 is 21.3. The van der Waals surface area contributed by atoms with Gasteiger partial charge in [0.25, 0.3) is 5.91 Å². The second kappa shape index (κ2) is 7.94. The summed E-state index contributed by atoms with van der Waals surface area (Å²) in [6.45, 7) is 4.44. The molecule has 0 N–H and O–H groups in total. The lowest BCUT2D eigenvalue weighted by atomic mass is 9.84. The molecule has 0 spiro atoms. The zero-order chi connectivity index (χ0) is 19.7. The Bertz CT molecular complexity index is 859. The second-order valence-corrected chi connectivity index (χ2v) is 8.10. The van der Waals surface area contributed by atoms with Gasteiger partial charge in [0, 0.05) is 43.0 Å². The lowest BCUT2D eigenvalue weighted by Gasteiger charge is -2.34. The number of benzene rings is 1. The number of imidazole rings is 1. The fourth-order valence-electron chi connectivity index (χ4n) is 4.35. The highest BCUT2D eigenvalue weighted by Crippen LogP contribution is 2.36. The molecule has 150 valence electrons. The van der Waals surface area contributed by atoms with Crippen LogP contribution in [0.25, 0.3) is 0 Å². The van der Waals surface area contributed by atoms with Crippen LogP contribution in [0.1, 0.15) is 59.9 Å². The molecular formula is C22H28FN3O2. The number of carbonyl (C=O) groups excluding carboxylic acids is 1. The van der Waals surface area contributed by atoms with Gasteiger partial charge in [-0.2, -0.15) is 0 Å². The maximum Gasteiger partial charge on any atom is 0.253 e. The Labute approximate surface area is 165 Å². The van der Waals surface area contributed by atoms with E-state index < -0.39 is 5.82 Å². The van der Waals surface area contributed by atoms with Crippen LogP contribution >= 0.6 is 0 Å². The average Bonchev–Trinajstić information content (AvgIpc) is 3.00. The number of hydrogen-bond donors (Lipinski definition) is 0. The van der Waals surface area contributed by atoms with E-state index in [1.165, 1.54) is 50.0 Å². The number of aromatic nitrogens is 2. The molecule has 1 saturated carbocycles. The summed E-state index contributed by atoms with van der Waals surface area (Å²) in [7, 11) is 1.42. The van der Waals surface area contributed by atoms with Gasteiger partial charge in [0.1, 0.15) is 5.82 Å². The van der Waals surface area contributed by atoms with Crippen LogP contribution in [0.4, 0.5) is 4.39 Å². The summed E-state index contributed by atoms with van der Waals surface area (Å²) in [5.74, 6) is 1.76. The van der Waals surface area contributed by atoms with E-state index in [-0.39, 0.29) is 11.7 Å². The molecule has 1 saturated heterocycles. The molecule has 1 atom stereocenters. The van der Waals surface area contributed by atoms with E-state index in [2.05, 4.69) is 16.5 Å². The minimum atomic E-state index is -0.499. The van der Waals surface area contributed by atoms with Crippen molar-refractivity contribution in [2.75, 3.05) is 20.2 Å². The van der Waals surface area contributed by atoms with Crippen molar-refractivity contribution in [3.05, 3.63) is 47.3 Å². The second-order valence-electron chi connectivity index (χ2n) is 8.10. The van der Waals surface area contributed by atoms with Crippen LogP contribution in [0.3, 0.4) is 0 Å². The molecular weight excluding hydrogens is 357 g/mol. The zero-order valence-corrected chi connectivity index (χ0v) is 16.7. The summed E-state index contributed by atoms with van der Waals surface area (Å²) in [6.07, 6.45) is 7.80. The van der Waals surface area contributed by atoms with E-state index in [4.69, 9.17) is 4.74 Å². The molecule has 2 fully saturated rings. The Morgan fingerprint density at radius 2 is 2.11 bits per heavy atom. The van der Waals surface area contributed by atoms with E-state index in [1.807, 2.05) is 11.1 Å². The fourth-order valence-corrected chi connectivity index (χ4v) is 4.35. The molecule has 1 aromatic carbocycles. The summed E-state index contributed by atoms with van der Waals surface area (Å²) in [5, 5.41) is 0. The van der Waals surface area contributed by atoms with Gasteiger partial charge in [0.2, 0.25) is 0 Å². The van der Waals surface area contributed by atoms with Crippen molar-refractivity contribution < 1.29 is 13.9 Å². The Morgan fingerprint density at radius 3 is 2.79 bits per heavy atom. The number of halogens is 1. The third-order valence-electron chi connectivity index (χ3n) is 6.20. The summed E-state index contributed by atoms with van der Waals surface area (Å²) in [4.78, 5) is 19.4. The van der Waals surface area contributed by atoms with E-state index in [9.17, 15) is 9.18 Å². The highest BCUT2D eigenvalue weighted by Gasteiger charge is 2.29. The van der Waals surface area contributed by atoms with Crippen molar-refractivity contribution in [2.24, 2.45) is 5.92 Å². The molecule has 2 aliphatic rings. The van der Waals surface area contributed by atoms with Crippen LogP contribution in [0, 0.1) is 18.7 Å². The van der Waals surface area contributed by atoms with Crippen molar-refractivity contribution in [3.8, 4) is 5.75 Å². The van der Waals surface area contributed by atoms with Gasteiger partial charge in [-0.15, -0.1) is 0 Å². The Hall–Kier alpha value is -2.37. The first-order chi connectivity index (χ1) is 13.6. The molecule has 2 heterocycles. The van der Waals surface area contributed by atoms with E-state index in [0.717, 1.165) is 25.9 Å². The molecule has 4 rings (SSSR count). The van der Waals surface area contributed by atoms with Crippen LogP contribution in [-0.2, 0) is 6.54 Å². The summed E-state index contributed by atoms with van der Waals surface area (Å²) in [5.41, 5.74) is 1.58. The van der Waals surface area contributed by atoms with Crippen molar-refractivity contribution in [1.82, 2.24) is 14.5 Å². The van der Waals surface area contributed by atoms with E-state index in [0.29, 0.717) is 23.9 Å². The number of methoxy groups -OCH3 is 1. The SMILES string of the molecule is COc1ccc(C(=O)N2CCCC(Cn3c(C)cnc3C3CCC3)C2)cc1F. The van der Waals surface area contributed by atoms with Gasteiger partial charge in [-0.25, -0.2) is 9.37 Å². The maximum absolute atomic E-state index is 14.0. The van der Waals surface area contributed by atoms with Gasteiger partial charge in [-0.1, -0.05) is 6.42 Å². The van der Waals surface area contributed by atoms with E-state index in [1.54, 1.807) is 6.07 Å². The van der Waals surface area contributed by atoms with Crippen LogP contribution in [0.2, 0.25) is 0 Å². The standard InChI is InChI=1S/C22H28FN3O2/c1-15-12-24-21(17-6-3-7-17)26(15)14-16-5-4-10-25(13-16)22(27)18-8-9-20(28-2)19(23)11-18/h8-9,11-12,16-17H,3-7,10,13-14H2,1-2H3. The molecule has 0 radical (unpaired) electrons. The fraction of sp³-hybridized carbons (Fsp3) is 0.545. The van der Waals surface area contributed by atoms with Gasteiger partial charge >= 0.3 is 0 Å². The van der Waals surface area contributed by atoms with Crippen LogP contribution in [0.15, 0.2) is 24.4 Å². The quantitative estimate of drug-likeness (QED) is 0.776. The number of amides is 1. The van der Waals surface area contributed by atoms with Crippen molar-refractivity contribution >= 4 is 5.91 Å². The number of piperidine rings is 1. The Balaban J connectivity index is 1.45. The van der Waals surface area contributed by atoms with Crippen LogP contribution in [-0.4, -0.2) is 40.6 Å². The van der Waals surface area contributed by atoms with Crippen LogP contribution in [0.5, 0.6) is 5.75 Å². The topological polar surface area (TPSA) is 47.4 Å². The molecule has 5 nitrogen and oxygen atoms in total. The predicted molar refractivity (Wildman–Crippen MR) is 105 cm³/mol. The number of likely N-dealkylation sites (tertiary alicyclic amines) is 1. The molecule has 1 aliphatic heterocycles. The lowest BCUT2D eigenvalue weighted by Crippen LogP contribution is -2.41. The number of ether oxygens (including phenoxy) is 1. The number of nitrogens with zero attached hydrogens (tertiary/aromatic N) is 3. The first kappa shape index (κ1) is 19.0. The number of aryl methyl sites for hydroxylation is 1. The normalized spacial score (nSPS) is 20.1. The van der Waals surface area contributed by atoms with Gasteiger partial charge in [-0.05, 0) is 56.7 Å². The largest absolute Gasteiger partial charge is 0.494 e. The zero-order valence-electron chi connectivity index (χ0n) is 16.7. The summed E-state index contributed by atoms with van der Waals surface area (Å²) in [6, 6.07) is 4.44. The van der Waals surface area contributed by atoms with Crippen molar-refractivity contribution in [2.45, 2.75) is 51.5 Å². The van der Waals surface area contributed by atoms with Gasteiger partial charge < -0.3 is 14.2 Å². The van der Waals surface area contributed by atoms with Gasteiger partial charge in [0.15, 0.2) is 11.6 Å².